The van der Waals surface area contributed by atoms with E-state index in [0.29, 0.717) is 30.3 Å². The second-order valence-electron chi connectivity index (χ2n) is 4.15. The summed E-state index contributed by atoms with van der Waals surface area (Å²) < 4.78 is 16.2. The van der Waals surface area contributed by atoms with Gasteiger partial charge in [0.25, 0.3) is 0 Å². The van der Waals surface area contributed by atoms with Crippen LogP contribution in [0.25, 0.3) is 0 Å². The highest BCUT2D eigenvalue weighted by Gasteiger charge is 2.13. The molecule has 0 aliphatic rings. The van der Waals surface area contributed by atoms with E-state index in [2.05, 4.69) is 0 Å². The van der Waals surface area contributed by atoms with Gasteiger partial charge < -0.3 is 19.3 Å². The molecule has 0 bridgehead atoms. The smallest absolute Gasteiger partial charge is 0.203 e. The monoisotopic (exact) mass is 254 g/mol. The normalized spacial score (nSPS) is 12.1. The molecular weight excluding hydrogens is 232 g/mol. The van der Waals surface area contributed by atoms with Crippen LogP contribution in [0.15, 0.2) is 12.1 Å². The van der Waals surface area contributed by atoms with E-state index in [1.165, 1.54) is 0 Å². The van der Waals surface area contributed by atoms with E-state index in [4.69, 9.17) is 14.2 Å². The van der Waals surface area contributed by atoms with E-state index in [1.807, 2.05) is 19.1 Å². The van der Waals surface area contributed by atoms with Gasteiger partial charge in [0.05, 0.1) is 26.9 Å². The lowest BCUT2D eigenvalue weighted by molar-refractivity contribution is 0.185. The van der Waals surface area contributed by atoms with Gasteiger partial charge >= 0.3 is 0 Å². The third kappa shape index (κ3) is 3.81. The highest BCUT2D eigenvalue weighted by Crippen LogP contribution is 2.38. The van der Waals surface area contributed by atoms with Gasteiger partial charge in [0.2, 0.25) is 5.75 Å². The van der Waals surface area contributed by atoms with Crippen molar-refractivity contribution in [2.45, 2.75) is 32.8 Å². The lowest BCUT2D eigenvalue weighted by atomic mass is 10.1. The molecule has 4 nitrogen and oxygen atoms in total. The van der Waals surface area contributed by atoms with Crippen molar-refractivity contribution in [3.05, 3.63) is 17.7 Å². The van der Waals surface area contributed by atoms with Gasteiger partial charge in [0.1, 0.15) is 0 Å². The van der Waals surface area contributed by atoms with Crippen molar-refractivity contribution >= 4 is 0 Å². The first-order valence-electron chi connectivity index (χ1n) is 6.18. The van der Waals surface area contributed by atoms with Crippen LogP contribution in [0.2, 0.25) is 0 Å². The van der Waals surface area contributed by atoms with Crippen LogP contribution in [0.5, 0.6) is 17.2 Å². The first-order chi connectivity index (χ1) is 8.62. The van der Waals surface area contributed by atoms with Crippen LogP contribution in [-0.4, -0.2) is 32.0 Å². The summed E-state index contributed by atoms with van der Waals surface area (Å²) in [5, 5.41) is 9.32. The highest BCUT2D eigenvalue weighted by molar-refractivity contribution is 5.53. The fourth-order valence-electron chi connectivity index (χ4n) is 1.74. The minimum absolute atomic E-state index is 0.312. The molecular formula is C14H22O4. The maximum absolute atomic E-state index is 9.32. The van der Waals surface area contributed by atoms with Gasteiger partial charge in [-0.15, -0.1) is 0 Å². The van der Waals surface area contributed by atoms with Gasteiger partial charge in [-0.05, 0) is 44.4 Å². The molecule has 1 N–H and O–H groups in total. The first kappa shape index (κ1) is 14.6. The number of aryl methyl sites for hydroxylation is 1. The molecule has 1 aromatic carbocycles. The summed E-state index contributed by atoms with van der Waals surface area (Å²) in [6.07, 6.45) is 1.17. The lowest BCUT2D eigenvalue weighted by Crippen LogP contribution is -2.03. The summed E-state index contributed by atoms with van der Waals surface area (Å²) in [7, 11) is 3.21. The average molecular weight is 254 g/mol. The Morgan fingerprint density at radius 2 is 1.72 bits per heavy atom. The summed E-state index contributed by atoms with van der Waals surface area (Å²) in [5.41, 5.74) is 1.06. The van der Waals surface area contributed by atoms with Crippen LogP contribution < -0.4 is 14.2 Å². The summed E-state index contributed by atoms with van der Waals surface area (Å²) in [4.78, 5) is 0. The fourth-order valence-corrected chi connectivity index (χ4v) is 1.74. The average Bonchev–Trinajstić information content (AvgIpc) is 2.37. The molecule has 0 saturated carbocycles. The zero-order valence-corrected chi connectivity index (χ0v) is 11.5. The van der Waals surface area contributed by atoms with Crippen LogP contribution in [-0.2, 0) is 6.42 Å². The van der Waals surface area contributed by atoms with Crippen molar-refractivity contribution in [1.29, 1.82) is 0 Å². The van der Waals surface area contributed by atoms with Crippen molar-refractivity contribution in [3.63, 3.8) is 0 Å². The molecule has 0 aliphatic carbocycles. The molecule has 0 radical (unpaired) electrons. The number of hydrogen-bond acceptors (Lipinski definition) is 4. The number of aliphatic hydroxyl groups excluding tert-OH is 1. The molecule has 0 aromatic heterocycles. The Morgan fingerprint density at radius 1 is 1.17 bits per heavy atom. The molecule has 0 fully saturated rings. The predicted molar refractivity (Wildman–Crippen MR) is 70.7 cm³/mol. The van der Waals surface area contributed by atoms with Gasteiger partial charge in [-0.3, -0.25) is 0 Å². The predicted octanol–water partition coefficient (Wildman–Crippen LogP) is 2.42. The minimum Gasteiger partial charge on any atom is -0.493 e. The van der Waals surface area contributed by atoms with E-state index >= 15 is 0 Å². The zero-order valence-electron chi connectivity index (χ0n) is 11.5. The van der Waals surface area contributed by atoms with E-state index in [-0.39, 0.29) is 6.10 Å². The number of hydrogen-bond donors (Lipinski definition) is 1. The van der Waals surface area contributed by atoms with E-state index in [1.54, 1.807) is 21.1 Å². The van der Waals surface area contributed by atoms with Gasteiger partial charge in [0, 0.05) is 0 Å². The maximum atomic E-state index is 9.32. The zero-order chi connectivity index (χ0) is 13.5. The summed E-state index contributed by atoms with van der Waals surface area (Å²) in [5.74, 6) is 1.96. The Balaban J connectivity index is 3.01. The molecule has 0 aliphatic heterocycles. The number of benzene rings is 1. The summed E-state index contributed by atoms with van der Waals surface area (Å²) in [6, 6.07) is 3.85. The largest absolute Gasteiger partial charge is 0.493 e. The van der Waals surface area contributed by atoms with Crippen LogP contribution in [0, 0.1) is 0 Å². The molecule has 1 atom stereocenters. The van der Waals surface area contributed by atoms with Crippen molar-refractivity contribution < 1.29 is 19.3 Å². The van der Waals surface area contributed by atoms with E-state index < -0.39 is 0 Å². The Bertz CT molecular complexity index is 349. The third-order valence-electron chi connectivity index (χ3n) is 2.66. The Labute approximate surface area is 108 Å². The van der Waals surface area contributed by atoms with Crippen molar-refractivity contribution in [3.8, 4) is 17.2 Å². The molecule has 0 saturated heterocycles. The maximum Gasteiger partial charge on any atom is 0.203 e. The topological polar surface area (TPSA) is 47.9 Å². The number of rotatable bonds is 7. The van der Waals surface area contributed by atoms with E-state index in [9.17, 15) is 5.11 Å². The minimum atomic E-state index is -0.312. The van der Waals surface area contributed by atoms with Crippen molar-refractivity contribution in [1.82, 2.24) is 0 Å². The molecule has 1 rings (SSSR count). The van der Waals surface area contributed by atoms with Gasteiger partial charge in [-0.2, -0.15) is 0 Å². The molecule has 1 aromatic rings. The van der Waals surface area contributed by atoms with Crippen LogP contribution >= 0.6 is 0 Å². The molecule has 18 heavy (non-hydrogen) atoms. The van der Waals surface area contributed by atoms with E-state index in [0.717, 1.165) is 12.0 Å². The van der Waals surface area contributed by atoms with Gasteiger partial charge in [0.15, 0.2) is 11.5 Å². The molecule has 0 heterocycles. The quantitative estimate of drug-likeness (QED) is 0.811. The highest BCUT2D eigenvalue weighted by atomic mass is 16.5. The molecule has 0 amide bonds. The van der Waals surface area contributed by atoms with Crippen molar-refractivity contribution in [2.75, 3.05) is 20.8 Å². The molecule has 0 spiro atoms. The molecule has 102 valence electrons. The number of ether oxygens (including phenoxy) is 3. The SMILES string of the molecule is CCOc1c(OC)cc(CCC(C)O)cc1OC. The standard InChI is InChI=1S/C14H22O4/c1-5-18-14-12(16-3)8-11(7-6-10(2)15)9-13(14)17-4/h8-10,15H,5-7H2,1-4H3. The van der Waals surface area contributed by atoms with Crippen LogP contribution in [0.4, 0.5) is 0 Å². The fraction of sp³-hybridized carbons (Fsp3) is 0.571. The lowest BCUT2D eigenvalue weighted by Gasteiger charge is -2.15. The van der Waals surface area contributed by atoms with Gasteiger partial charge in [-0.1, -0.05) is 0 Å². The van der Waals surface area contributed by atoms with Crippen molar-refractivity contribution in [2.24, 2.45) is 0 Å². The Morgan fingerprint density at radius 3 is 2.11 bits per heavy atom. The summed E-state index contributed by atoms with van der Waals surface area (Å²) in [6.45, 7) is 4.25. The van der Waals surface area contributed by atoms with Crippen LogP contribution in [0.3, 0.4) is 0 Å². The second kappa shape index (κ2) is 7.11. The first-order valence-corrected chi connectivity index (χ1v) is 6.18. The Kier molecular flexibility index (Phi) is 5.78. The summed E-state index contributed by atoms with van der Waals surface area (Å²) >= 11 is 0. The molecule has 1 unspecified atom stereocenters. The third-order valence-corrected chi connectivity index (χ3v) is 2.66. The second-order valence-corrected chi connectivity index (χ2v) is 4.15. The van der Waals surface area contributed by atoms with Gasteiger partial charge in [-0.25, -0.2) is 0 Å². The number of methoxy groups -OCH3 is 2. The number of aliphatic hydroxyl groups is 1. The molecule has 4 heteroatoms. The van der Waals surface area contributed by atoms with Crippen LogP contribution in [0.1, 0.15) is 25.8 Å². The Hall–Kier alpha value is -1.42.